The van der Waals surface area contributed by atoms with Crippen molar-refractivity contribution >= 4 is 45.9 Å². The van der Waals surface area contributed by atoms with Gasteiger partial charge in [-0.15, -0.1) is 11.3 Å². The van der Waals surface area contributed by atoms with Crippen molar-refractivity contribution in [3.05, 3.63) is 64.2 Å². The molecule has 188 valence electrons. The zero-order valence-corrected chi connectivity index (χ0v) is 20.7. The van der Waals surface area contributed by atoms with Gasteiger partial charge < -0.3 is 15.4 Å². The molecule has 2 N–H and O–H groups in total. The van der Waals surface area contributed by atoms with E-state index in [1.807, 2.05) is 13.0 Å². The Labute approximate surface area is 213 Å². The number of amides is 2. The number of thioether (sulfide) groups is 1. The fourth-order valence-electron chi connectivity index (χ4n) is 4.16. The normalized spacial score (nSPS) is 23.6. The van der Waals surface area contributed by atoms with E-state index in [0.717, 1.165) is 12.6 Å². The Bertz CT molecular complexity index is 1300. The number of hydrogen-bond donors (Lipinski definition) is 2. The van der Waals surface area contributed by atoms with E-state index in [9.17, 15) is 18.4 Å². The molecule has 2 aliphatic rings. The van der Waals surface area contributed by atoms with Crippen LogP contribution in [0.5, 0.6) is 0 Å². The zero-order chi connectivity index (χ0) is 25.3. The van der Waals surface area contributed by atoms with E-state index < -0.39 is 18.0 Å². The molecular formula is C23H22F2N6O3S2. The molecule has 0 spiro atoms. The lowest BCUT2D eigenvalue weighted by Crippen LogP contribution is -2.50. The molecule has 3 atom stereocenters. The number of amidine groups is 1. The molecule has 0 bridgehead atoms. The summed E-state index contributed by atoms with van der Waals surface area (Å²) in [4.78, 5) is 34.8. The highest BCUT2D eigenvalue weighted by molar-refractivity contribution is 8.13. The Morgan fingerprint density at radius 1 is 1.19 bits per heavy atom. The predicted molar refractivity (Wildman–Crippen MR) is 133 cm³/mol. The first-order valence-corrected chi connectivity index (χ1v) is 13.0. The number of aromatic nitrogens is 3. The molecule has 1 aromatic carbocycles. The van der Waals surface area contributed by atoms with Crippen molar-refractivity contribution in [1.82, 2.24) is 20.1 Å². The van der Waals surface area contributed by atoms with Gasteiger partial charge in [0, 0.05) is 28.8 Å². The molecule has 3 unspecified atom stereocenters. The topological polar surface area (TPSA) is 110 Å². The highest BCUT2D eigenvalue weighted by Crippen LogP contribution is 2.47. The molecule has 4 heterocycles. The van der Waals surface area contributed by atoms with Gasteiger partial charge in [0.05, 0.1) is 12.7 Å². The third kappa shape index (κ3) is 4.90. The second-order valence-corrected chi connectivity index (χ2v) is 10.3. The van der Waals surface area contributed by atoms with Crippen LogP contribution in [-0.2, 0) is 10.3 Å². The van der Waals surface area contributed by atoms with E-state index in [2.05, 4.69) is 20.7 Å². The van der Waals surface area contributed by atoms with E-state index in [1.54, 1.807) is 29.6 Å². The van der Waals surface area contributed by atoms with Crippen LogP contribution in [0.2, 0.25) is 0 Å². The molecule has 1 fully saturated rings. The highest BCUT2D eigenvalue weighted by Gasteiger charge is 2.49. The number of nitrogens with one attached hydrogen (secondary N) is 2. The van der Waals surface area contributed by atoms with Gasteiger partial charge in [-0.1, -0.05) is 30.0 Å². The molecule has 2 aliphatic heterocycles. The van der Waals surface area contributed by atoms with Crippen molar-refractivity contribution in [2.24, 2.45) is 10.9 Å². The first kappa shape index (κ1) is 24.5. The number of halogens is 2. The summed E-state index contributed by atoms with van der Waals surface area (Å²) >= 11 is 2.80. The minimum Gasteiger partial charge on any atom is -0.375 e. The number of thiazole rings is 1. The van der Waals surface area contributed by atoms with Crippen molar-refractivity contribution in [2.75, 3.05) is 17.7 Å². The molecular weight excluding hydrogens is 510 g/mol. The summed E-state index contributed by atoms with van der Waals surface area (Å²) in [5.41, 5.74) is -0.435. The number of benzene rings is 1. The molecule has 2 aromatic heterocycles. The summed E-state index contributed by atoms with van der Waals surface area (Å²) in [5.74, 6) is 0.193. The summed E-state index contributed by atoms with van der Waals surface area (Å²) in [5, 5.41) is 11.9. The van der Waals surface area contributed by atoms with Crippen LogP contribution in [0, 0.1) is 5.92 Å². The lowest BCUT2D eigenvalue weighted by Gasteiger charge is -2.44. The van der Waals surface area contributed by atoms with E-state index in [4.69, 9.17) is 9.73 Å². The quantitative estimate of drug-likeness (QED) is 0.511. The number of anilines is 1. The zero-order valence-electron chi connectivity index (χ0n) is 19.1. The molecule has 2 amide bonds. The summed E-state index contributed by atoms with van der Waals surface area (Å²) in [7, 11) is 0. The Hall–Kier alpha value is -3.16. The van der Waals surface area contributed by atoms with Gasteiger partial charge in [0.2, 0.25) is 0 Å². The maximum atomic E-state index is 12.8. The lowest BCUT2D eigenvalue weighted by molar-refractivity contribution is -0.0466. The highest BCUT2D eigenvalue weighted by atomic mass is 32.2. The van der Waals surface area contributed by atoms with Crippen LogP contribution in [-0.4, -0.2) is 50.2 Å². The van der Waals surface area contributed by atoms with Crippen molar-refractivity contribution in [3.63, 3.8) is 0 Å². The van der Waals surface area contributed by atoms with Gasteiger partial charge in [0.25, 0.3) is 11.8 Å². The number of ether oxygens (including phenoxy) is 1. The van der Waals surface area contributed by atoms with Crippen LogP contribution in [0.1, 0.15) is 45.7 Å². The lowest BCUT2D eigenvalue weighted by atomic mass is 9.80. The van der Waals surface area contributed by atoms with Crippen LogP contribution < -0.4 is 10.6 Å². The number of alkyl halides is 2. The Morgan fingerprint density at radius 3 is 2.75 bits per heavy atom. The second-order valence-electron chi connectivity index (χ2n) is 8.48. The maximum absolute atomic E-state index is 12.8. The summed E-state index contributed by atoms with van der Waals surface area (Å²) in [6, 6.07) is 10.1. The molecule has 0 radical (unpaired) electrons. The molecule has 3 aromatic rings. The molecule has 9 nitrogen and oxygen atoms in total. The van der Waals surface area contributed by atoms with Gasteiger partial charge in [-0.05, 0) is 31.5 Å². The van der Waals surface area contributed by atoms with Gasteiger partial charge >= 0.3 is 6.55 Å². The number of carbonyl (C=O) groups is 2. The van der Waals surface area contributed by atoms with Crippen molar-refractivity contribution in [3.8, 4) is 0 Å². The van der Waals surface area contributed by atoms with E-state index in [-0.39, 0.29) is 36.0 Å². The number of nitrogens with zero attached hydrogens (tertiary/aromatic N) is 4. The number of carbonyl (C=O) groups excluding carboxylic acids is 2. The third-order valence-electron chi connectivity index (χ3n) is 6.02. The second kappa shape index (κ2) is 10.1. The smallest absolute Gasteiger partial charge is 0.333 e. The van der Waals surface area contributed by atoms with E-state index >= 15 is 0 Å². The monoisotopic (exact) mass is 532 g/mol. The van der Waals surface area contributed by atoms with Gasteiger partial charge in [-0.25, -0.2) is 14.7 Å². The Kier molecular flexibility index (Phi) is 6.86. The van der Waals surface area contributed by atoms with Crippen molar-refractivity contribution in [2.45, 2.75) is 31.5 Å². The number of fused-ring (bicyclic) bond motifs is 1. The number of hydrogen-bond acceptors (Lipinski definition) is 8. The average molecular weight is 533 g/mol. The molecule has 36 heavy (non-hydrogen) atoms. The van der Waals surface area contributed by atoms with E-state index in [0.29, 0.717) is 26.2 Å². The predicted octanol–water partition coefficient (Wildman–Crippen LogP) is 4.14. The SMILES string of the molecule is CC1CC2CSC(NC(=O)c3ccccc3)=NC2(c2nc(NC(=O)c3ccn(C(F)F)n3)cs2)CO1. The summed E-state index contributed by atoms with van der Waals surface area (Å²) < 4.78 is 32.0. The maximum Gasteiger partial charge on any atom is 0.333 e. The van der Waals surface area contributed by atoms with E-state index in [1.165, 1.54) is 29.2 Å². The Morgan fingerprint density at radius 2 is 2.00 bits per heavy atom. The number of aliphatic imine (C=N–C) groups is 1. The van der Waals surface area contributed by atoms with Crippen LogP contribution >= 0.6 is 23.1 Å². The van der Waals surface area contributed by atoms with Crippen LogP contribution in [0.15, 0.2) is 53.0 Å². The first-order chi connectivity index (χ1) is 17.3. The Balaban J connectivity index is 1.39. The summed E-state index contributed by atoms with van der Waals surface area (Å²) in [6.07, 6.45) is 1.86. The fraction of sp³-hybridized carbons (Fsp3) is 0.348. The average Bonchev–Trinajstić information content (AvgIpc) is 3.55. The molecule has 1 saturated heterocycles. The first-order valence-electron chi connectivity index (χ1n) is 11.2. The fourth-order valence-corrected chi connectivity index (χ4v) is 6.28. The minimum absolute atomic E-state index is 0.0588. The number of rotatable bonds is 5. The van der Waals surface area contributed by atoms with Gasteiger partial charge in [-0.3, -0.25) is 9.59 Å². The third-order valence-corrected chi connectivity index (χ3v) is 8.06. The van der Waals surface area contributed by atoms with Crippen LogP contribution in [0.3, 0.4) is 0 Å². The molecule has 5 rings (SSSR count). The van der Waals surface area contributed by atoms with Crippen LogP contribution in [0.25, 0.3) is 0 Å². The van der Waals surface area contributed by atoms with Crippen molar-refractivity contribution < 1.29 is 23.1 Å². The molecule has 0 saturated carbocycles. The standard InChI is InChI=1S/C23H22F2N6O3S2/c1-13-9-15-10-36-22(28-18(32)14-5-3-2-4-6-14)29-23(15,12-34-13)20-27-17(11-35-20)26-19(33)16-7-8-31(30-16)21(24)25/h2-8,11,13,15,21H,9-10,12H2,1H3,(H,26,33)(H,28,29,32). The largest absolute Gasteiger partial charge is 0.375 e. The van der Waals surface area contributed by atoms with Gasteiger partial charge in [0.1, 0.15) is 16.4 Å². The minimum atomic E-state index is -2.83. The molecule has 13 heteroatoms. The van der Waals surface area contributed by atoms with Crippen LogP contribution in [0.4, 0.5) is 14.6 Å². The molecule has 0 aliphatic carbocycles. The summed E-state index contributed by atoms with van der Waals surface area (Å²) in [6.45, 7) is -0.540. The van der Waals surface area contributed by atoms with Gasteiger partial charge in [-0.2, -0.15) is 13.9 Å². The van der Waals surface area contributed by atoms with Gasteiger partial charge in [0.15, 0.2) is 10.9 Å². The van der Waals surface area contributed by atoms with Crippen molar-refractivity contribution in [1.29, 1.82) is 0 Å².